The number of urea groups is 1. The molecule has 2 fully saturated rings. The van der Waals surface area contributed by atoms with Gasteiger partial charge in [-0.15, -0.1) is 23.1 Å². The zero-order chi connectivity index (χ0) is 19.7. The number of rotatable bonds is 5. The first-order valence-corrected chi connectivity index (χ1v) is 11.3. The summed E-state index contributed by atoms with van der Waals surface area (Å²) in [7, 11) is 0. The predicted octanol–water partition coefficient (Wildman–Crippen LogP) is 3.13. The number of imide groups is 1. The lowest BCUT2D eigenvalue weighted by atomic mass is 9.97. The average molecular weight is 416 g/mol. The molecule has 0 bridgehead atoms. The first-order chi connectivity index (χ1) is 13.6. The molecule has 2 atom stereocenters. The van der Waals surface area contributed by atoms with Gasteiger partial charge >= 0.3 is 6.03 Å². The number of hydrogen-bond donors (Lipinski definition) is 1. The fourth-order valence-corrected chi connectivity index (χ4v) is 4.93. The highest BCUT2D eigenvalue weighted by molar-refractivity contribution is 7.98. The van der Waals surface area contributed by atoms with Gasteiger partial charge in [-0.2, -0.15) is 0 Å². The van der Waals surface area contributed by atoms with Gasteiger partial charge in [0.2, 0.25) is 5.91 Å². The van der Waals surface area contributed by atoms with Gasteiger partial charge < -0.3 is 10.2 Å². The molecule has 146 valence electrons. The summed E-state index contributed by atoms with van der Waals surface area (Å²) in [6.45, 7) is 0.470. The molecule has 6 nitrogen and oxygen atoms in total. The van der Waals surface area contributed by atoms with Crippen LogP contribution < -0.4 is 10.2 Å². The van der Waals surface area contributed by atoms with Crippen molar-refractivity contribution in [2.75, 3.05) is 17.7 Å². The Kier molecular flexibility index (Phi) is 5.41. The summed E-state index contributed by atoms with van der Waals surface area (Å²) >= 11 is 3.12. The summed E-state index contributed by atoms with van der Waals surface area (Å²) in [5.41, 5.74) is 0.606. The molecular formula is C20H21N3O3S2. The molecule has 3 heterocycles. The summed E-state index contributed by atoms with van der Waals surface area (Å²) in [6, 6.07) is 10.4. The average Bonchev–Trinajstić information content (AvgIpc) is 3.28. The smallest absolute Gasteiger partial charge is 0.332 e. The number of carbonyl (C=O) groups is 3. The maximum absolute atomic E-state index is 13.0. The second-order valence-corrected chi connectivity index (χ2v) is 8.82. The highest BCUT2D eigenvalue weighted by Crippen LogP contribution is 2.32. The molecule has 2 aromatic rings. The Hall–Kier alpha value is -2.32. The molecular weight excluding hydrogens is 394 g/mol. The number of benzene rings is 1. The van der Waals surface area contributed by atoms with Crippen LogP contribution in [-0.2, 0) is 16.0 Å². The van der Waals surface area contributed by atoms with E-state index in [-0.39, 0.29) is 23.9 Å². The normalized spacial score (nSPS) is 21.8. The number of thioether (sulfide) groups is 1. The molecule has 4 rings (SSSR count). The van der Waals surface area contributed by atoms with Crippen molar-refractivity contribution in [2.24, 2.45) is 0 Å². The van der Waals surface area contributed by atoms with Crippen molar-refractivity contribution in [1.82, 2.24) is 10.2 Å². The van der Waals surface area contributed by atoms with Crippen molar-refractivity contribution in [3.63, 3.8) is 0 Å². The van der Waals surface area contributed by atoms with E-state index in [0.717, 1.165) is 9.77 Å². The first-order valence-electron chi connectivity index (χ1n) is 9.17. The molecule has 1 N–H and O–H groups in total. The molecule has 2 saturated heterocycles. The van der Waals surface area contributed by atoms with Crippen LogP contribution in [0.15, 0.2) is 46.7 Å². The lowest BCUT2D eigenvalue weighted by Crippen LogP contribution is -2.50. The molecule has 0 spiro atoms. The quantitative estimate of drug-likeness (QED) is 0.602. The Morgan fingerprint density at radius 3 is 2.89 bits per heavy atom. The van der Waals surface area contributed by atoms with Crippen LogP contribution in [0.25, 0.3) is 0 Å². The topological polar surface area (TPSA) is 69.7 Å². The molecule has 4 amide bonds. The molecule has 8 heteroatoms. The summed E-state index contributed by atoms with van der Waals surface area (Å²) < 4.78 is 0. The molecule has 28 heavy (non-hydrogen) atoms. The number of hydrogen-bond acceptors (Lipinski definition) is 5. The highest BCUT2D eigenvalue weighted by Gasteiger charge is 2.48. The number of amides is 4. The predicted molar refractivity (Wildman–Crippen MR) is 111 cm³/mol. The van der Waals surface area contributed by atoms with E-state index in [2.05, 4.69) is 5.32 Å². The standard InChI is InChI=1S/C20H21N3O3S2/c1-27-15-5-2-4-14(11-15)23-19(25)17-10-13(7-8-22(17)20(23)26)21-18(24)12-16-6-3-9-28-16/h2-6,9,11,13,17H,7-8,10,12H2,1H3,(H,21,24)/t13-,17+/m0/s1. The van der Waals surface area contributed by atoms with E-state index in [9.17, 15) is 14.4 Å². The van der Waals surface area contributed by atoms with Crippen LogP contribution in [0.4, 0.5) is 10.5 Å². The van der Waals surface area contributed by atoms with E-state index in [1.54, 1.807) is 34.1 Å². The van der Waals surface area contributed by atoms with Gasteiger partial charge in [-0.25, -0.2) is 9.69 Å². The maximum Gasteiger partial charge on any atom is 0.332 e. The number of nitrogens with one attached hydrogen (secondary N) is 1. The van der Waals surface area contributed by atoms with Crippen molar-refractivity contribution < 1.29 is 14.4 Å². The van der Waals surface area contributed by atoms with Crippen LogP contribution in [0.3, 0.4) is 0 Å². The van der Waals surface area contributed by atoms with Crippen LogP contribution in [0.1, 0.15) is 17.7 Å². The number of carbonyl (C=O) groups excluding carboxylic acids is 3. The molecule has 0 unspecified atom stereocenters. The van der Waals surface area contributed by atoms with Crippen LogP contribution >= 0.6 is 23.1 Å². The number of piperidine rings is 1. The van der Waals surface area contributed by atoms with Crippen molar-refractivity contribution in [3.8, 4) is 0 Å². The van der Waals surface area contributed by atoms with Gasteiger partial charge in [0, 0.05) is 22.4 Å². The Labute approximate surface area is 171 Å². The number of nitrogens with zero attached hydrogens (tertiary/aromatic N) is 2. The fourth-order valence-electron chi connectivity index (χ4n) is 3.77. The number of fused-ring (bicyclic) bond motifs is 1. The van der Waals surface area contributed by atoms with Crippen molar-refractivity contribution in [3.05, 3.63) is 46.7 Å². The number of anilines is 1. The minimum Gasteiger partial charge on any atom is -0.353 e. The van der Waals surface area contributed by atoms with Crippen molar-refractivity contribution >= 4 is 46.6 Å². The lowest BCUT2D eigenvalue weighted by Gasteiger charge is -2.32. The zero-order valence-electron chi connectivity index (χ0n) is 15.5. The Bertz CT molecular complexity index is 900. The van der Waals surface area contributed by atoms with E-state index in [1.165, 1.54) is 4.90 Å². The van der Waals surface area contributed by atoms with Crippen molar-refractivity contribution in [2.45, 2.75) is 36.2 Å². The molecule has 2 aliphatic rings. The fraction of sp³-hybridized carbons (Fsp3) is 0.350. The minimum atomic E-state index is -0.508. The van der Waals surface area contributed by atoms with Gasteiger partial charge in [0.05, 0.1) is 12.1 Å². The molecule has 2 aliphatic heterocycles. The van der Waals surface area contributed by atoms with E-state index in [1.807, 2.05) is 42.0 Å². The first kappa shape index (κ1) is 19.0. The largest absolute Gasteiger partial charge is 0.353 e. The van der Waals surface area contributed by atoms with E-state index < -0.39 is 6.04 Å². The minimum absolute atomic E-state index is 0.0396. The van der Waals surface area contributed by atoms with Gasteiger partial charge in [0.15, 0.2) is 0 Å². The zero-order valence-corrected chi connectivity index (χ0v) is 17.1. The van der Waals surface area contributed by atoms with Crippen LogP contribution in [-0.4, -0.2) is 47.6 Å². The second-order valence-electron chi connectivity index (χ2n) is 6.91. The molecule has 0 aliphatic carbocycles. The molecule has 1 aromatic heterocycles. The monoisotopic (exact) mass is 415 g/mol. The Balaban J connectivity index is 1.44. The van der Waals surface area contributed by atoms with Crippen LogP contribution in [0, 0.1) is 0 Å². The van der Waals surface area contributed by atoms with Gasteiger partial charge in [-0.1, -0.05) is 12.1 Å². The second kappa shape index (κ2) is 7.97. The molecule has 0 radical (unpaired) electrons. The SMILES string of the molecule is CSc1cccc(N2C(=O)[C@H]3C[C@@H](NC(=O)Cc4cccs4)CCN3C2=O)c1. The van der Waals surface area contributed by atoms with Gasteiger partial charge in [0.1, 0.15) is 6.04 Å². The van der Waals surface area contributed by atoms with E-state index >= 15 is 0 Å². The van der Waals surface area contributed by atoms with Gasteiger partial charge in [-0.3, -0.25) is 9.59 Å². The third kappa shape index (κ3) is 3.66. The van der Waals surface area contributed by atoms with Gasteiger partial charge in [-0.05, 0) is 48.7 Å². The van der Waals surface area contributed by atoms with Crippen molar-refractivity contribution in [1.29, 1.82) is 0 Å². The summed E-state index contributed by atoms with van der Waals surface area (Å²) in [4.78, 5) is 43.0. The highest BCUT2D eigenvalue weighted by atomic mass is 32.2. The summed E-state index contributed by atoms with van der Waals surface area (Å²) in [6.07, 6.45) is 3.42. The van der Waals surface area contributed by atoms with E-state index in [0.29, 0.717) is 31.5 Å². The van der Waals surface area contributed by atoms with Gasteiger partial charge in [0.25, 0.3) is 5.91 Å². The Morgan fingerprint density at radius 1 is 1.29 bits per heavy atom. The van der Waals surface area contributed by atoms with E-state index in [4.69, 9.17) is 0 Å². The molecule has 0 saturated carbocycles. The summed E-state index contributed by atoms with van der Waals surface area (Å²) in [5.74, 6) is -0.248. The third-order valence-corrected chi connectivity index (χ3v) is 6.74. The lowest BCUT2D eigenvalue weighted by molar-refractivity contribution is -0.124. The van der Waals surface area contributed by atoms with Crippen LogP contribution in [0.5, 0.6) is 0 Å². The maximum atomic E-state index is 13.0. The van der Waals surface area contributed by atoms with Crippen LogP contribution in [0.2, 0.25) is 0 Å². The number of thiophene rings is 1. The summed E-state index contributed by atoms with van der Waals surface area (Å²) in [5, 5.41) is 4.98. The molecule has 1 aromatic carbocycles. The Morgan fingerprint density at radius 2 is 2.14 bits per heavy atom. The third-order valence-electron chi connectivity index (χ3n) is 5.14.